The number of hydrogen-bond donors (Lipinski definition) is 0. The lowest BCUT2D eigenvalue weighted by Gasteiger charge is -2.14. The smallest absolute Gasteiger partial charge is 0.164 e. The minimum atomic E-state index is -0.757. The van der Waals surface area contributed by atoms with Crippen molar-refractivity contribution in [1.82, 2.24) is 19.5 Å². The molecule has 0 atom stereocenters. The average Bonchev–Trinajstić information content (AvgIpc) is 3.65. The van der Waals surface area contributed by atoms with E-state index in [1.807, 2.05) is 72.8 Å². The van der Waals surface area contributed by atoms with Gasteiger partial charge in [0.2, 0.25) is 0 Å². The first-order chi connectivity index (χ1) is 30.7. The molecule has 0 aliphatic heterocycles. The Morgan fingerprint density at radius 2 is 1.04 bits per heavy atom. The van der Waals surface area contributed by atoms with Gasteiger partial charge in [0, 0.05) is 38.5 Å². The summed E-state index contributed by atoms with van der Waals surface area (Å²) in [5, 5.41) is 14.9. The highest BCUT2D eigenvalue weighted by molar-refractivity contribution is 6.36. The summed E-state index contributed by atoms with van der Waals surface area (Å²) in [4.78, 5) is 14.1. The van der Waals surface area contributed by atoms with Crippen LogP contribution in [0.25, 0.3) is 94.3 Å². The zero-order valence-corrected chi connectivity index (χ0v) is 26.3. The Balaban J connectivity index is 1.34. The van der Waals surface area contributed by atoms with E-state index in [2.05, 4.69) is 15.6 Å². The second-order valence-electron chi connectivity index (χ2n) is 11.7. The maximum atomic E-state index is 9.74. The minimum absolute atomic E-state index is 0.0838. The van der Waals surface area contributed by atoms with Crippen molar-refractivity contribution in [3.63, 3.8) is 0 Å². The van der Waals surface area contributed by atoms with E-state index in [-0.39, 0.29) is 5.82 Å². The maximum Gasteiger partial charge on any atom is 0.164 e. The molecule has 0 aliphatic rings. The van der Waals surface area contributed by atoms with Crippen LogP contribution in [0.1, 0.15) is 23.4 Å². The predicted octanol–water partition coefficient (Wildman–Crippen LogP) is 11.3. The van der Waals surface area contributed by atoms with E-state index < -0.39 is 118 Å². The molecule has 0 bridgehead atoms. The van der Waals surface area contributed by atoms with Crippen LogP contribution in [0.5, 0.6) is 0 Å². The van der Waals surface area contributed by atoms with Crippen molar-refractivity contribution in [3.05, 3.63) is 169 Å². The van der Waals surface area contributed by atoms with Crippen LogP contribution in [0, 0.1) is 11.3 Å². The van der Waals surface area contributed by atoms with E-state index in [9.17, 15) is 8.00 Å². The minimum Gasteiger partial charge on any atom is -0.309 e. The molecule has 2 heterocycles. The molecule has 8 aromatic carbocycles. The molecule has 5 nitrogen and oxygen atoms in total. The number of nitriles is 1. The Labute approximate surface area is 312 Å². The third-order valence-electron chi connectivity index (χ3n) is 8.89. The molecule has 0 unspecified atom stereocenters. The molecule has 0 spiro atoms. The van der Waals surface area contributed by atoms with Crippen LogP contribution in [-0.2, 0) is 0 Å². The van der Waals surface area contributed by atoms with Crippen LogP contribution in [0.3, 0.4) is 0 Å². The lowest BCUT2D eigenvalue weighted by molar-refractivity contribution is 1.08. The Kier molecular flexibility index (Phi) is 4.18. The number of rotatable bonds is 5. The van der Waals surface area contributed by atoms with Gasteiger partial charge in [0.15, 0.2) is 17.5 Å². The fourth-order valence-corrected chi connectivity index (χ4v) is 6.76. The van der Waals surface area contributed by atoms with Gasteiger partial charge in [-0.25, -0.2) is 15.0 Å². The third-order valence-corrected chi connectivity index (χ3v) is 8.89. The van der Waals surface area contributed by atoms with Gasteiger partial charge >= 0.3 is 0 Å². The standard InChI is InChI=1S/C46H27N5/c47-28-29-18-20-32(21-19-29)44-48-45(33-24-22-31(23-25-33)30-10-3-1-4-11-30)50-46(49-44)38-26-27-40-43-41(38)36-15-8-7-14-35(36)37-16-9-17-39(42(37)43)51(40)34-12-5-2-6-13-34/h1-27H/i1D,3D,4D,10D,11D,18D,19D,20D,21D,22D,23D,24D,25D. The number of fused-ring (bicyclic) bond motifs is 3. The summed E-state index contributed by atoms with van der Waals surface area (Å²) >= 11 is 0. The number of benzene rings is 8. The van der Waals surface area contributed by atoms with Crippen molar-refractivity contribution in [1.29, 1.82) is 5.26 Å². The fourth-order valence-electron chi connectivity index (χ4n) is 6.76. The molecule has 236 valence electrons. The Hall–Kier alpha value is -7.16. The zero-order valence-electron chi connectivity index (χ0n) is 39.3. The van der Waals surface area contributed by atoms with Gasteiger partial charge < -0.3 is 4.57 Å². The third kappa shape index (κ3) is 4.58. The van der Waals surface area contributed by atoms with Crippen molar-refractivity contribution in [2.24, 2.45) is 0 Å². The van der Waals surface area contributed by atoms with Gasteiger partial charge in [-0.3, -0.25) is 0 Å². The van der Waals surface area contributed by atoms with Gasteiger partial charge in [0.05, 0.1) is 40.5 Å². The lowest BCUT2D eigenvalue weighted by Crippen LogP contribution is -2.01. The van der Waals surface area contributed by atoms with E-state index in [0.29, 0.717) is 10.9 Å². The normalized spacial score (nSPS) is 15.1. The van der Waals surface area contributed by atoms with Crippen LogP contribution >= 0.6 is 0 Å². The molecule has 2 aromatic heterocycles. The highest BCUT2D eigenvalue weighted by atomic mass is 15.0. The number of hydrogen-bond acceptors (Lipinski definition) is 4. The summed E-state index contributed by atoms with van der Waals surface area (Å²) in [7, 11) is 0. The molecule has 0 fully saturated rings. The summed E-state index contributed by atoms with van der Waals surface area (Å²) in [5.74, 6) is -0.953. The number of aromatic nitrogens is 4. The Morgan fingerprint density at radius 3 is 1.76 bits per heavy atom. The molecule has 0 amide bonds. The first-order valence-corrected chi connectivity index (χ1v) is 15.9. The quantitative estimate of drug-likeness (QED) is 0.172. The summed E-state index contributed by atoms with van der Waals surface area (Å²) < 4.78 is 115. The van der Waals surface area contributed by atoms with Crippen molar-refractivity contribution in [3.8, 4) is 57.0 Å². The molecule has 10 rings (SSSR count). The van der Waals surface area contributed by atoms with Gasteiger partial charge in [-0.1, -0.05) is 109 Å². The molecule has 0 aliphatic carbocycles. The van der Waals surface area contributed by atoms with Gasteiger partial charge in [0.25, 0.3) is 0 Å². The van der Waals surface area contributed by atoms with E-state index in [0.717, 1.165) is 43.7 Å². The molecular formula is C46H27N5. The molecule has 0 saturated heterocycles. The molecule has 0 saturated carbocycles. The highest BCUT2D eigenvalue weighted by Crippen LogP contribution is 2.46. The van der Waals surface area contributed by atoms with Gasteiger partial charge in [-0.05, 0) is 81.8 Å². The second kappa shape index (κ2) is 11.5. The monoisotopic (exact) mass is 662 g/mol. The van der Waals surface area contributed by atoms with E-state index in [1.165, 1.54) is 0 Å². The van der Waals surface area contributed by atoms with E-state index >= 15 is 0 Å². The molecule has 0 radical (unpaired) electrons. The first kappa shape index (κ1) is 18.6. The maximum absolute atomic E-state index is 9.74. The van der Waals surface area contributed by atoms with Gasteiger partial charge in [0.1, 0.15) is 0 Å². The predicted molar refractivity (Wildman–Crippen MR) is 207 cm³/mol. The molecular weight excluding hydrogens is 623 g/mol. The van der Waals surface area contributed by atoms with Crippen LogP contribution in [0.2, 0.25) is 0 Å². The molecule has 51 heavy (non-hydrogen) atoms. The number of nitrogens with zero attached hydrogens (tertiary/aromatic N) is 5. The van der Waals surface area contributed by atoms with Gasteiger partial charge in [-0.15, -0.1) is 0 Å². The van der Waals surface area contributed by atoms with Crippen molar-refractivity contribution >= 4 is 43.4 Å². The summed E-state index contributed by atoms with van der Waals surface area (Å²) in [6.45, 7) is 0. The SMILES string of the molecule is [2H]c1c([2H])c([2H])c(-c2c([2H])c([2H])c(-c3nc(-c4c([2H])c([2H])c(C#N)c([2H])c4[2H])nc(-c4ccc5c6c4c4ccccc4c4cccc(c46)n5-c4ccccc4)n3)c([2H])c2[2H])c([2H])c1[2H]. The van der Waals surface area contributed by atoms with Crippen LogP contribution in [0.15, 0.2) is 163 Å². The molecule has 5 heteroatoms. The van der Waals surface area contributed by atoms with Crippen molar-refractivity contribution in [2.75, 3.05) is 0 Å². The van der Waals surface area contributed by atoms with E-state index in [1.54, 1.807) is 12.1 Å². The highest BCUT2D eigenvalue weighted by Gasteiger charge is 2.23. The van der Waals surface area contributed by atoms with Crippen molar-refractivity contribution < 1.29 is 17.8 Å². The largest absolute Gasteiger partial charge is 0.309 e. The van der Waals surface area contributed by atoms with Crippen molar-refractivity contribution in [2.45, 2.75) is 0 Å². The summed E-state index contributed by atoms with van der Waals surface area (Å²) in [6, 6.07) is 20.0. The molecule has 10 aromatic rings. The number of para-hydroxylation sites is 1. The van der Waals surface area contributed by atoms with Crippen LogP contribution in [0.4, 0.5) is 0 Å². The molecule has 0 N–H and O–H groups in total. The Morgan fingerprint density at radius 1 is 0.471 bits per heavy atom. The van der Waals surface area contributed by atoms with E-state index in [4.69, 9.17) is 25.0 Å². The topological polar surface area (TPSA) is 67.4 Å². The lowest BCUT2D eigenvalue weighted by atomic mass is 9.91. The summed E-state index contributed by atoms with van der Waals surface area (Å²) in [6.07, 6.45) is 0. The second-order valence-corrected chi connectivity index (χ2v) is 11.7. The zero-order chi connectivity index (χ0) is 45.2. The average molecular weight is 663 g/mol. The van der Waals surface area contributed by atoms with Gasteiger partial charge in [-0.2, -0.15) is 5.26 Å². The van der Waals surface area contributed by atoms with Crippen LogP contribution in [-0.4, -0.2) is 19.5 Å². The van der Waals surface area contributed by atoms with Crippen LogP contribution < -0.4 is 0 Å². The first-order valence-electron chi connectivity index (χ1n) is 22.4. The fraction of sp³-hybridized carbons (Fsp3) is 0. The Bertz CT molecular complexity index is 3650. The summed E-state index contributed by atoms with van der Waals surface area (Å²) in [5.41, 5.74) is 0.629.